The van der Waals surface area contributed by atoms with Gasteiger partial charge >= 0.3 is 5.97 Å². The van der Waals surface area contributed by atoms with Crippen molar-refractivity contribution in [3.63, 3.8) is 0 Å². The highest BCUT2D eigenvalue weighted by atomic mass is 16.5. The minimum absolute atomic E-state index is 0.141. The maximum absolute atomic E-state index is 12.1. The summed E-state index contributed by atoms with van der Waals surface area (Å²) in [4.78, 5) is 14.7. The molecule has 1 fully saturated rings. The number of esters is 1. The molecule has 1 saturated heterocycles. The van der Waals surface area contributed by atoms with E-state index < -0.39 is 5.54 Å². The maximum atomic E-state index is 12.1. The van der Waals surface area contributed by atoms with Gasteiger partial charge in [-0.15, -0.1) is 0 Å². The van der Waals surface area contributed by atoms with E-state index in [1.165, 1.54) is 19.3 Å². The van der Waals surface area contributed by atoms with Crippen LogP contribution in [0.3, 0.4) is 0 Å². The first-order chi connectivity index (χ1) is 9.42. The third kappa shape index (κ3) is 4.74. The summed E-state index contributed by atoms with van der Waals surface area (Å²) >= 11 is 0. The van der Waals surface area contributed by atoms with Crippen LogP contribution in [0.25, 0.3) is 0 Å². The molecule has 0 aliphatic carbocycles. The molecular formula is C16H32N2O2. The molecule has 1 N–H and O–H groups in total. The summed E-state index contributed by atoms with van der Waals surface area (Å²) in [5.74, 6) is 0.686. The second-order valence-electron chi connectivity index (χ2n) is 6.43. The number of likely N-dealkylation sites (tertiary alicyclic amines) is 1. The molecule has 3 atom stereocenters. The average molecular weight is 284 g/mol. The van der Waals surface area contributed by atoms with Crippen LogP contribution in [0.4, 0.5) is 0 Å². The quantitative estimate of drug-likeness (QED) is 0.761. The Bertz CT molecular complexity index is 309. The van der Waals surface area contributed by atoms with Crippen molar-refractivity contribution in [2.75, 3.05) is 26.7 Å². The van der Waals surface area contributed by atoms with Crippen LogP contribution in [-0.2, 0) is 9.53 Å². The Labute approximate surface area is 124 Å². The standard InChI is InChI=1S/C16H32N2O2/c1-6-20-15(19)16(4,17-5)12-14(3)18-10-7-8-13(2)9-11-18/h13-14,17H,6-12H2,1-5H3. The first-order valence-corrected chi connectivity index (χ1v) is 8.03. The van der Waals surface area contributed by atoms with Gasteiger partial charge in [0.2, 0.25) is 0 Å². The zero-order valence-corrected chi connectivity index (χ0v) is 13.9. The van der Waals surface area contributed by atoms with Gasteiger partial charge < -0.3 is 15.0 Å². The van der Waals surface area contributed by atoms with E-state index in [0.717, 1.165) is 25.4 Å². The number of nitrogens with zero attached hydrogens (tertiary/aromatic N) is 1. The van der Waals surface area contributed by atoms with E-state index in [9.17, 15) is 4.79 Å². The van der Waals surface area contributed by atoms with Crippen molar-refractivity contribution in [2.45, 2.75) is 65.0 Å². The van der Waals surface area contributed by atoms with E-state index >= 15 is 0 Å². The summed E-state index contributed by atoms with van der Waals surface area (Å²) in [6.07, 6.45) is 4.64. The number of carbonyl (C=O) groups is 1. The fraction of sp³-hybridized carbons (Fsp3) is 0.938. The molecule has 1 aliphatic heterocycles. The predicted molar refractivity (Wildman–Crippen MR) is 82.8 cm³/mol. The van der Waals surface area contributed by atoms with Gasteiger partial charge in [0.15, 0.2) is 0 Å². The van der Waals surface area contributed by atoms with Crippen LogP contribution in [-0.4, -0.2) is 49.2 Å². The van der Waals surface area contributed by atoms with Gasteiger partial charge in [0.05, 0.1) is 6.61 Å². The van der Waals surface area contributed by atoms with Crippen molar-refractivity contribution in [1.29, 1.82) is 0 Å². The Morgan fingerprint density at radius 1 is 1.45 bits per heavy atom. The Morgan fingerprint density at radius 2 is 2.15 bits per heavy atom. The number of likely N-dealkylation sites (N-methyl/N-ethyl adjacent to an activating group) is 1. The Kier molecular flexibility index (Phi) is 6.96. The second-order valence-corrected chi connectivity index (χ2v) is 6.43. The molecule has 1 heterocycles. The minimum atomic E-state index is -0.590. The highest BCUT2D eigenvalue weighted by Crippen LogP contribution is 2.23. The van der Waals surface area contributed by atoms with Crippen LogP contribution in [0, 0.1) is 5.92 Å². The highest BCUT2D eigenvalue weighted by Gasteiger charge is 2.36. The van der Waals surface area contributed by atoms with Crippen molar-refractivity contribution < 1.29 is 9.53 Å². The molecule has 20 heavy (non-hydrogen) atoms. The number of carbonyl (C=O) groups excluding carboxylic acids is 1. The lowest BCUT2D eigenvalue weighted by atomic mass is 9.93. The third-order valence-corrected chi connectivity index (χ3v) is 4.66. The van der Waals surface area contributed by atoms with Gasteiger partial charge in [0.1, 0.15) is 5.54 Å². The lowest BCUT2D eigenvalue weighted by molar-refractivity contribution is -0.151. The van der Waals surface area contributed by atoms with Crippen LogP contribution >= 0.6 is 0 Å². The number of nitrogens with one attached hydrogen (secondary N) is 1. The first kappa shape index (κ1) is 17.4. The highest BCUT2D eigenvalue weighted by molar-refractivity contribution is 5.80. The van der Waals surface area contributed by atoms with E-state index in [0.29, 0.717) is 12.6 Å². The molecule has 0 aromatic heterocycles. The average Bonchev–Trinajstić information content (AvgIpc) is 2.63. The summed E-state index contributed by atoms with van der Waals surface area (Å²) in [5.41, 5.74) is -0.590. The van der Waals surface area contributed by atoms with Gasteiger partial charge in [-0.3, -0.25) is 4.79 Å². The Hall–Kier alpha value is -0.610. The van der Waals surface area contributed by atoms with Crippen molar-refractivity contribution in [3.05, 3.63) is 0 Å². The van der Waals surface area contributed by atoms with Crippen LogP contribution < -0.4 is 5.32 Å². The van der Waals surface area contributed by atoms with E-state index in [2.05, 4.69) is 24.1 Å². The summed E-state index contributed by atoms with van der Waals surface area (Å²) in [6.45, 7) is 11.1. The number of ether oxygens (including phenoxy) is 1. The summed E-state index contributed by atoms with van der Waals surface area (Å²) in [7, 11) is 1.84. The van der Waals surface area contributed by atoms with E-state index in [4.69, 9.17) is 4.74 Å². The molecule has 4 heteroatoms. The lowest BCUT2D eigenvalue weighted by Gasteiger charge is -2.35. The minimum Gasteiger partial charge on any atom is -0.465 e. The van der Waals surface area contributed by atoms with Gasteiger partial charge in [0.25, 0.3) is 0 Å². The first-order valence-electron chi connectivity index (χ1n) is 8.03. The van der Waals surface area contributed by atoms with Gasteiger partial charge in [-0.2, -0.15) is 0 Å². The van der Waals surface area contributed by atoms with Crippen LogP contribution in [0.15, 0.2) is 0 Å². The van der Waals surface area contributed by atoms with Crippen LogP contribution in [0.2, 0.25) is 0 Å². The van der Waals surface area contributed by atoms with Crippen LogP contribution in [0.5, 0.6) is 0 Å². The SMILES string of the molecule is CCOC(=O)C(C)(CC(C)N1CCCC(C)CC1)NC. The Balaban J connectivity index is 2.61. The van der Waals surface area contributed by atoms with Crippen LogP contribution in [0.1, 0.15) is 53.4 Å². The molecule has 0 amide bonds. The molecule has 0 spiro atoms. The summed E-state index contributed by atoms with van der Waals surface area (Å²) in [5, 5.41) is 3.16. The third-order valence-electron chi connectivity index (χ3n) is 4.66. The normalized spacial score (nSPS) is 25.6. The van der Waals surface area contributed by atoms with Crippen molar-refractivity contribution in [1.82, 2.24) is 10.2 Å². The maximum Gasteiger partial charge on any atom is 0.326 e. The molecule has 0 saturated carbocycles. The van der Waals surface area contributed by atoms with E-state index in [-0.39, 0.29) is 5.97 Å². The number of rotatable bonds is 6. The van der Waals surface area contributed by atoms with Gasteiger partial charge in [-0.25, -0.2) is 0 Å². The molecule has 0 aromatic carbocycles. The van der Waals surface area contributed by atoms with Gasteiger partial charge in [-0.05, 0) is 72.5 Å². The van der Waals surface area contributed by atoms with Crippen molar-refractivity contribution in [2.24, 2.45) is 5.92 Å². The zero-order chi connectivity index (χ0) is 15.2. The van der Waals surface area contributed by atoms with E-state index in [1.54, 1.807) is 0 Å². The summed E-state index contributed by atoms with van der Waals surface area (Å²) in [6, 6.07) is 0.391. The van der Waals surface area contributed by atoms with Gasteiger partial charge in [-0.1, -0.05) is 6.92 Å². The molecule has 118 valence electrons. The smallest absolute Gasteiger partial charge is 0.326 e. The molecule has 0 bridgehead atoms. The topological polar surface area (TPSA) is 41.6 Å². The molecule has 0 radical (unpaired) electrons. The monoisotopic (exact) mass is 284 g/mol. The molecule has 0 aromatic rings. The fourth-order valence-corrected chi connectivity index (χ4v) is 3.02. The molecule has 3 unspecified atom stereocenters. The zero-order valence-electron chi connectivity index (χ0n) is 13.9. The summed E-state index contributed by atoms with van der Waals surface area (Å²) < 4.78 is 5.21. The molecule has 4 nitrogen and oxygen atoms in total. The number of hydrogen-bond acceptors (Lipinski definition) is 4. The second kappa shape index (κ2) is 7.99. The Morgan fingerprint density at radius 3 is 2.75 bits per heavy atom. The predicted octanol–water partition coefficient (Wildman–Crippen LogP) is 2.43. The molecule has 1 aliphatic rings. The van der Waals surface area contributed by atoms with Gasteiger partial charge in [0, 0.05) is 6.04 Å². The number of hydrogen-bond donors (Lipinski definition) is 1. The fourth-order valence-electron chi connectivity index (χ4n) is 3.02. The lowest BCUT2D eigenvalue weighted by Crippen LogP contribution is -2.53. The van der Waals surface area contributed by atoms with E-state index in [1.807, 2.05) is 20.9 Å². The molecular weight excluding hydrogens is 252 g/mol. The molecule has 1 rings (SSSR count). The largest absolute Gasteiger partial charge is 0.465 e. The van der Waals surface area contributed by atoms with Crippen molar-refractivity contribution >= 4 is 5.97 Å². The van der Waals surface area contributed by atoms with Crippen molar-refractivity contribution in [3.8, 4) is 0 Å².